The van der Waals surface area contributed by atoms with Gasteiger partial charge >= 0.3 is 0 Å². The van der Waals surface area contributed by atoms with Crippen LogP contribution in [0.2, 0.25) is 0 Å². The summed E-state index contributed by atoms with van der Waals surface area (Å²) < 4.78 is 11.5. The molecule has 1 spiro atoms. The molecular weight excluding hydrogens is 348 g/mol. The van der Waals surface area contributed by atoms with Crippen LogP contribution >= 0.6 is 0 Å². The van der Waals surface area contributed by atoms with Gasteiger partial charge in [0.2, 0.25) is 0 Å². The summed E-state index contributed by atoms with van der Waals surface area (Å²) in [6.45, 7) is 3.81. The Morgan fingerprint density at radius 2 is 2.11 bits per heavy atom. The number of hydrogen-bond acceptors (Lipinski definition) is 6. The summed E-state index contributed by atoms with van der Waals surface area (Å²) in [6, 6.07) is 0. The van der Waals surface area contributed by atoms with Crippen LogP contribution in [-0.4, -0.2) is 60.1 Å². The number of carbonyl (C=O) groups is 2. The molecule has 0 bridgehead atoms. The number of ketones is 1. The Bertz CT molecular complexity index is 748. The van der Waals surface area contributed by atoms with Crippen molar-refractivity contribution in [2.24, 2.45) is 11.1 Å². The van der Waals surface area contributed by atoms with Gasteiger partial charge in [-0.1, -0.05) is 0 Å². The van der Waals surface area contributed by atoms with Crippen LogP contribution in [0.25, 0.3) is 0 Å². The molecule has 1 aliphatic heterocycles. The van der Waals surface area contributed by atoms with Crippen LogP contribution in [0.15, 0.2) is 4.42 Å². The number of rotatable bonds is 4. The number of hydrogen-bond donors (Lipinski definition) is 2. The molecule has 2 aliphatic carbocycles. The standard InChI is InChI=1S/C20H28N2O5/c1-12-17(18-13(23)3-2-4-14(18)27-12)19(25)22-8-5-20(6-9-22)15(24)11-16(20)26-10-7-21/h15-16,24H,2-11,21H2,1H3/t15-,16+/m0/s1. The largest absolute Gasteiger partial charge is 0.465 e. The molecule has 2 heterocycles. The zero-order valence-corrected chi connectivity index (χ0v) is 15.8. The SMILES string of the molecule is Cc1oc2c(c1C(=O)N1CCC3(CC1)[C@@H](O)C[C@H]3OCCN)C(=O)CCC2. The number of ether oxygens (including phenoxy) is 1. The maximum atomic E-state index is 13.2. The van der Waals surface area contributed by atoms with Crippen molar-refractivity contribution in [2.75, 3.05) is 26.2 Å². The van der Waals surface area contributed by atoms with Gasteiger partial charge in [0, 0.05) is 44.3 Å². The maximum absolute atomic E-state index is 13.2. The van der Waals surface area contributed by atoms with E-state index in [1.54, 1.807) is 11.8 Å². The molecule has 0 aromatic carbocycles. The van der Waals surface area contributed by atoms with Gasteiger partial charge in [0.05, 0.1) is 29.9 Å². The molecule has 1 saturated carbocycles. The predicted molar refractivity (Wildman–Crippen MR) is 97.7 cm³/mol. The van der Waals surface area contributed by atoms with E-state index in [1.165, 1.54) is 0 Å². The number of nitrogens with zero attached hydrogens (tertiary/aromatic N) is 1. The zero-order valence-electron chi connectivity index (χ0n) is 15.8. The lowest BCUT2D eigenvalue weighted by atomic mass is 9.58. The molecular formula is C20H28N2O5. The van der Waals surface area contributed by atoms with Gasteiger partial charge in [-0.05, 0) is 26.2 Å². The summed E-state index contributed by atoms with van der Waals surface area (Å²) in [5, 5.41) is 10.4. The first-order chi connectivity index (χ1) is 13.0. The molecule has 2 atom stereocenters. The molecule has 27 heavy (non-hydrogen) atoms. The molecule has 1 saturated heterocycles. The van der Waals surface area contributed by atoms with Gasteiger partial charge in [-0.25, -0.2) is 0 Å². The molecule has 0 radical (unpaired) electrons. The van der Waals surface area contributed by atoms with E-state index in [1.807, 2.05) is 0 Å². The number of Topliss-reactive ketones (excluding diaryl/α,β-unsaturated/α-hetero) is 1. The van der Waals surface area contributed by atoms with Crippen molar-refractivity contribution in [3.63, 3.8) is 0 Å². The average Bonchev–Trinajstić information content (AvgIpc) is 3.01. The molecule has 148 valence electrons. The summed E-state index contributed by atoms with van der Waals surface area (Å²) in [6.07, 6.45) is 3.62. The Labute approximate surface area is 158 Å². The quantitative estimate of drug-likeness (QED) is 0.824. The van der Waals surface area contributed by atoms with E-state index in [2.05, 4.69) is 0 Å². The highest BCUT2D eigenvalue weighted by atomic mass is 16.5. The van der Waals surface area contributed by atoms with Crippen molar-refractivity contribution >= 4 is 11.7 Å². The van der Waals surface area contributed by atoms with Crippen LogP contribution < -0.4 is 5.73 Å². The van der Waals surface area contributed by atoms with Gasteiger partial charge in [0.1, 0.15) is 11.5 Å². The van der Waals surface area contributed by atoms with Crippen molar-refractivity contribution in [1.29, 1.82) is 0 Å². The normalized spacial score (nSPS) is 26.8. The summed E-state index contributed by atoms with van der Waals surface area (Å²) >= 11 is 0. The van der Waals surface area contributed by atoms with Crippen molar-refractivity contribution in [1.82, 2.24) is 4.90 Å². The Hall–Kier alpha value is -1.70. The fraction of sp³-hybridized carbons (Fsp3) is 0.700. The summed E-state index contributed by atoms with van der Waals surface area (Å²) in [5.41, 5.74) is 6.19. The smallest absolute Gasteiger partial charge is 0.258 e. The van der Waals surface area contributed by atoms with Crippen LogP contribution in [0.4, 0.5) is 0 Å². The van der Waals surface area contributed by atoms with Crippen molar-refractivity contribution in [3.05, 3.63) is 22.6 Å². The monoisotopic (exact) mass is 376 g/mol. The number of fused-ring (bicyclic) bond motifs is 1. The Balaban J connectivity index is 1.49. The lowest BCUT2D eigenvalue weighted by molar-refractivity contribution is -0.207. The Kier molecular flexibility index (Phi) is 4.86. The van der Waals surface area contributed by atoms with Crippen molar-refractivity contribution in [3.8, 4) is 0 Å². The van der Waals surface area contributed by atoms with Gasteiger partial charge in [-0.15, -0.1) is 0 Å². The van der Waals surface area contributed by atoms with E-state index < -0.39 is 0 Å². The first kappa shape index (κ1) is 18.7. The summed E-state index contributed by atoms with van der Waals surface area (Å²) in [7, 11) is 0. The number of amides is 1. The maximum Gasteiger partial charge on any atom is 0.258 e. The molecule has 3 aliphatic rings. The van der Waals surface area contributed by atoms with E-state index in [0.717, 1.165) is 6.42 Å². The highest BCUT2D eigenvalue weighted by Gasteiger charge is 2.56. The Morgan fingerprint density at radius 1 is 1.37 bits per heavy atom. The third-order valence-electron chi connectivity index (χ3n) is 6.62. The number of likely N-dealkylation sites (tertiary alicyclic amines) is 1. The van der Waals surface area contributed by atoms with E-state index in [9.17, 15) is 14.7 Å². The second-order valence-corrected chi connectivity index (χ2v) is 8.03. The minimum absolute atomic E-state index is 0.00888. The second-order valence-electron chi connectivity index (χ2n) is 8.03. The van der Waals surface area contributed by atoms with Crippen LogP contribution in [0.1, 0.15) is 64.3 Å². The average molecular weight is 376 g/mol. The predicted octanol–water partition coefficient (Wildman–Crippen LogP) is 1.44. The number of aryl methyl sites for hydroxylation is 2. The number of aliphatic hydroxyl groups is 1. The van der Waals surface area contributed by atoms with Crippen LogP contribution in [0.5, 0.6) is 0 Å². The minimum Gasteiger partial charge on any atom is -0.465 e. The molecule has 0 unspecified atom stereocenters. The van der Waals surface area contributed by atoms with Crippen molar-refractivity contribution in [2.45, 2.75) is 57.7 Å². The fourth-order valence-corrected chi connectivity index (χ4v) is 4.98. The molecule has 1 aromatic heterocycles. The Morgan fingerprint density at radius 3 is 2.78 bits per heavy atom. The van der Waals surface area contributed by atoms with Gasteiger partial charge < -0.3 is 24.9 Å². The number of piperidine rings is 1. The van der Waals surface area contributed by atoms with E-state index in [-0.39, 0.29) is 29.3 Å². The molecule has 1 amide bonds. The number of furan rings is 1. The number of aliphatic hydroxyl groups excluding tert-OH is 1. The first-order valence-corrected chi connectivity index (χ1v) is 9.92. The third kappa shape index (κ3) is 2.92. The third-order valence-corrected chi connectivity index (χ3v) is 6.62. The fourth-order valence-electron chi connectivity index (χ4n) is 4.98. The number of carbonyl (C=O) groups excluding carboxylic acids is 2. The highest BCUT2D eigenvalue weighted by Crippen LogP contribution is 2.51. The lowest BCUT2D eigenvalue weighted by Gasteiger charge is -2.56. The van der Waals surface area contributed by atoms with Crippen LogP contribution in [-0.2, 0) is 11.2 Å². The van der Waals surface area contributed by atoms with Crippen LogP contribution in [0, 0.1) is 12.3 Å². The molecule has 2 fully saturated rings. The van der Waals surface area contributed by atoms with Gasteiger partial charge in [0.25, 0.3) is 5.91 Å². The first-order valence-electron chi connectivity index (χ1n) is 9.92. The molecule has 3 N–H and O–H groups in total. The van der Waals surface area contributed by atoms with Gasteiger partial charge in [-0.2, -0.15) is 0 Å². The highest BCUT2D eigenvalue weighted by molar-refractivity contribution is 6.10. The molecule has 1 aromatic rings. The van der Waals surface area contributed by atoms with Crippen LogP contribution in [0.3, 0.4) is 0 Å². The summed E-state index contributed by atoms with van der Waals surface area (Å²) in [4.78, 5) is 27.3. The zero-order chi connectivity index (χ0) is 19.2. The molecule has 7 heteroatoms. The number of nitrogens with two attached hydrogens (primary N) is 1. The molecule has 7 nitrogen and oxygen atoms in total. The van der Waals surface area contributed by atoms with E-state index >= 15 is 0 Å². The summed E-state index contributed by atoms with van der Waals surface area (Å²) in [5.74, 6) is 1.07. The second kappa shape index (κ2) is 7.04. The lowest BCUT2D eigenvalue weighted by Crippen LogP contribution is -2.63. The minimum atomic E-state index is -0.387. The topological polar surface area (TPSA) is 106 Å². The van der Waals surface area contributed by atoms with Gasteiger partial charge in [0.15, 0.2) is 5.78 Å². The van der Waals surface area contributed by atoms with Crippen molar-refractivity contribution < 1.29 is 23.8 Å². The van der Waals surface area contributed by atoms with Gasteiger partial charge in [-0.3, -0.25) is 9.59 Å². The molecule has 4 rings (SSSR count). The van der Waals surface area contributed by atoms with E-state index in [4.69, 9.17) is 14.9 Å². The van der Waals surface area contributed by atoms with E-state index in [0.29, 0.717) is 81.0 Å².